The van der Waals surface area contributed by atoms with Crippen molar-refractivity contribution in [1.29, 1.82) is 0 Å². The predicted molar refractivity (Wildman–Crippen MR) is 69.6 cm³/mol. The zero-order valence-corrected chi connectivity index (χ0v) is 10.0. The molecule has 88 valence electrons. The van der Waals surface area contributed by atoms with Crippen LogP contribution in [0.5, 0.6) is 0 Å². The van der Waals surface area contributed by atoms with Crippen LogP contribution >= 0.6 is 11.6 Å². The molecule has 3 aromatic rings. The molecule has 0 saturated carbocycles. The summed E-state index contributed by atoms with van der Waals surface area (Å²) in [5, 5.41) is 4.26. The fourth-order valence-corrected chi connectivity index (χ4v) is 1.98. The average Bonchev–Trinajstić information content (AvgIpc) is 2.82. The van der Waals surface area contributed by atoms with E-state index < -0.39 is 5.24 Å². The number of hydrogen-bond donors (Lipinski definition) is 0. The first-order valence-electron chi connectivity index (χ1n) is 5.40. The molecule has 0 aliphatic rings. The van der Waals surface area contributed by atoms with Crippen molar-refractivity contribution in [3.8, 4) is 11.3 Å². The van der Waals surface area contributed by atoms with Crippen molar-refractivity contribution in [1.82, 2.24) is 5.16 Å². The molecule has 1 heterocycles. The summed E-state index contributed by atoms with van der Waals surface area (Å²) in [5.41, 5.74) is 2.05. The lowest BCUT2D eigenvalue weighted by atomic mass is 10.1. The summed E-state index contributed by atoms with van der Waals surface area (Å²) in [7, 11) is 0. The second kappa shape index (κ2) is 4.27. The van der Waals surface area contributed by atoms with Crippen molar-refractivity contribution in [3.63, 3.8) is 0 Å². The number of nitrogens with zero attached hydrogens (tertiary/aromatic N) is 1. The number of fused-ring (bicyclic) bond motifs is 1. The van der Waals surface area contributed by atoms with Crippen molar-refractivity contribution in [2.45, 2.75) is 0 Å². The molecule has 0 radical (unpaired) electrons. The third-order valence-electron chi connectivity index (χ3n) is 2.74. The number of aromatic nitrogens is 1. The topological polar surface area (TPSA) is 43.1 Å². The van der Waals surface area contributed by atoms with E-state index in [9.17, 15) is 4.79 Å². The molecule has 0 fully saturated rings. The summed E-state index contributed by atoms with van der Waals surface area (Å²) in [6, 6.07) is 14.7. The van der Waals surface area contributed by atoms with E-state index in [1.54, 1.807) is 18.2 Å². The number of rotatable bonds is 2. The number of carbonyl (C=O) groups is 1. The SMILES string of the molecule is O=C(Cl)c1ccc2noc(-c3ccccc3)c2c1. The molecular weight excluding hydrogens is 250 g/mol. The molecule has 3 nitrogen and oxygen atoms in total. The van der Waals surface area contributed by atoms with E-state index in [-0.39, 0.29) is 0 Å². The van der Waals surface area contributed by atoms with Crippen LogP contribution in [0.3, 0.4) is 0 Å². The molecule has 0 saturated heterocycles. The summed E-state index contributed by atoms with van der Waals surface area (Å²) in [6.45, 7) is 0. The normalized spacial score (nSPS) is 10.7. The molecular formula is C14H8ClNO2. The van der Waals surface area contributed by atoms with Gasteiger partial charge < -0.3 is 4.52 Å². The van der Waals surface area contributed by atoms with E-state index in [0.29, 0.717) is 16.8 Å². The van der Waals surface area contributed by atoms with Crippen molar-refractivity contribution in [2.75, 3.05) is 0 Å². The first-order chi connectivity index (χ1) is 8.75. The lowest BCUT2D eigenvalue weighted by molar-refractivity contribution is 0.108. The van der Waals surface area contributed by atoms with E-state index >= 15 is 0 Å². The summed E-state index contributed by atoms with van der Waals surface area (Å²) < 4.78 is 5.33. The summed E-state index contributed by atoms with van der Waals surface area (Å²) in [5.74, 6) is 0.644. The predicted octanol–water partition coefficient (Wildman–Crippen LogP) is 3.87. The highest BCUT2D eigenvalue weighted by atomic mass is 35.5. The standard InChI is InChI=1S/C14H8ClNO2/c15-14(17)10-6-7-12-11(8-10)13(18-16-12)9-4-2-1-3-5-9/h1-8H. The lowest BCUT2D eigenvalue weighted by Gasteiger charge is -1.97. The molecule has 0 N–H and O–H groups in total. The van der Waals surface area contributed by atoms with Gasteiger partial charge in [-0.15, -0.1) is 0 Å². The molecule has 3 rings (SSSR count). The third-order valence-corrected chi connectivity index (χ3v) is 2.96. The van der Waals surface area contributed by atoms with Gasteiger partial charge in [0, 0.05) is 11.1 Å². The smallest absolute Gasteiger partial charge is 0.252 e. The van der Waals surface area contributed by atoms with Crippen LogP contribution in [0.1, 0.15) is 10.4 Å². The fourth-order valence-electron chi connectivity index (χ4n) is 1.86. The fraction of sp³-hybridized carbons (Fsp3) is 0. The summed E-state index contributed by atoms with van der Waals surface area (Å²) >= 11 is 5.48. The Morgan fingerprint density at radius 2 is 1.89 bits per heavy atom. The van der Waals surface area contributed by atoms with Crippen LogP contribution in [-0.4, -0.2) is 10.4 Å². The number of hydrogen-bond acceptors (Lipinski definition) is 3. The van der Waals surface area contributed by atoms with Gasteiger partial charge in [-0.3, -0.25) is 4.79 Å². The van der Waals surface area contributed by atoms with Crippen LogP contribution in [0.15, 0.2) is 53.1 Å². The average molecular weight is 258 g/mol. The second-order valence-electron chi connectivity index (χ2n) is 3.88. The molecule has 2 aromatic carbocycles. The highest BCUT2D eigenvalue weighted by molar-refractivity contribution is 6.67. The molecule has 0 bridgehead atoms. The Morgan fingerprint density at radius 3 is 2.61 bits per heavy atom. The van der Waals surface area contributed by atoms with Gasteiger partial charge in [-0.1, -0.05) is 35.5 Å². The molecule has 0 spiro atoms. The quantitative estimate of drug-likeness (QED) is 0.655. The first kappa shape index (κ1) is 11.0. The molecule has 0 unspecified atom stereocenters. The summed E-state index contributed by atoms with van der Waals surface area (Å²) in [6.07, 6.45) is 0. The van der Waals surface area contributed by atoms with Crippen molar-refractivity contribution in [3.05, 3.63) is 54.1 Å². The van der Waals surface area contributed by atoms with E-state index in [1.165, 1.54) is 0 Å². The van der Waals surface area contributed by atoms with Gasteiger partial charge in [-0.05, 0) is 29.8 Å². The Hall–Kier alpha value is -2.13. The zero-order valence-electron chi connectivity index (χ0n) is 9.26. The minimum Gasteiger partial charge on any atom is -0.355 e. The van der Waals surface area contributed by atoms with E-state index in [4.69, 9.17) is 16.1 Å². The number of benzene rings is 2. The Kier molecular flexibility index (Phi) is 2.61. The van der Waals surface area contributed by atoms with Gasteiger partial charge in [0.15, 0.2) is 5.76 Å². The van der Waals surface area contributed by atoms with E-state index in [1.807, 2.05) is 30.3 Å². The van der Waals surface area contributed by atoms with Gasteiger partial charge in [0.2, 0.25) is 0 Å². The second-order valence-corrected chi connectivity index (χ2v) is 4.23. The van der Waals surface area contributed by atoms with Gasteiger partial charge in [-0.25, -0.2) is 0 Å². The highest BCUT2D eigenvalue weighted by Gasteiger charge is 2.12. The number of carbonyl (C=O) groups excluding carboxylic acids is 1. The van der Waals surface area contributed by atoms with Crippen LogP contribution in [0, 0.1) is 0 Å². The van der Waals surface area contributed by atoms with E-state index in [0.717, 1.165) is 10.9 Å². The Bertz CT molecular complexity index is 719. The van der Waals surface area contributed by atoms with Crippen LogP contribution in [0.2, 0.25) is 0 Å². The van der Waals surface area contributed by atoms with Crippen molar-refractivity contribution < 1.29 is 9.32 Å². The maximum absolute atomic E-state index is 11.2. The number of halogens is 1. The first-order valence-corrected chi connectivity index (χ1v) is 5.78. The van der Waals surface area contributed by atoms with Crippen LogP contribution < -0.4 is 0 Å². The molecule has 0 amide bonds. The monoisotopic (exact) mass is 257 g/mol. The lowest BCUT2D eigenvalue weighted by Crippen LogP contribution is -1.87. The van der Waals surface area contributed by atoms with Gasteiger partial charge in [0.1, 0.15) is 5.52 Å². The molecule has 4 heteroatoms. The van der Waals surface area contributed by atoms with Gasteiger partial charge in [-0.2, -0.15) is 0 Å². The van der Waals surface area contributed by atoms with Crippen LogP contribution in [0.4, 0.5) is 0 Å². The van der Waals surface area contributed by atoms with Crippen molar-refractivity contribution in [2.24, 2.45) is 0 Å². The largest absolute Gasteiger partial charge is 0.355 e. The minimum atomic E-state index is -0.489. The molecule has 0 aliphatic heterocycles. The van der Waals surface area contributed by atoms with Crippen molar-refractivity contribution >= 4 is 27.7 Å². The summed E-state index contributed by atoms with van der Waals surface area (Å²) in [4.78, 5) is 11.2. The van der Waals surface area contributed by atoms with Gasteiger partial charge in [0.05, 0.1) is 5.39 Å². The van der Waals surface area contributed by atoms with Gasteiger partial charge >= 0.3 is 0 Å². The Morgan fingerprint density at radius 1 is 1.11 bits per heavy atom. The van der Waals surface area contributed by atoms with Crippen LogP contribution in [0.25, 0.3) is 22.2 Å². The maximum atomic E-state index is 11.2. The Balaban J connectivity index is 2.24. The van der Waals surface area contributed by atoms with Gasteiger partial charge in [0.25, 0.3) is 5.24 Å². The molecule has 0 aliphatic carbocycles. The molecule has 0 atom stereocenters. The third kappa shape index (κ3) is 1.79. The Labute approximate surface area is 108 Å². The molecule has 18 heavy (non-hydrogen) atoms. The van der Waals surface area contributed by atoms with Crippen LogP contribution in [-0.2, 0) is 0 Å². The highest BCUT2D eigenvalue weighted by Crippen LogP contribution is 2.29. The van der Waals surface area contributed by atoms with E-state index in [2.05, 4.69) is 5.16 Å². The molecule has 1 aromatic heterocycles. The maximum Gasteiger partial charge on any atom is 0.252 e. The zero-order chi connectivity index (χ0) is 12.5. The minimum absolute atomic E-state index is 0.435.